The lowest BCUT2D eigenvalue weighted by atomic mass is 10.0. The van der Waals surface area contributed by atoms with Crippen molar-refractivity contribution in [2.24, 2.45) is 0 Å². The van der Waals surface area contributed by atoms with Gasteiger partial charge in [0.05, 0.1) is 0 Å². The van der Waals surface area contributed by atoms with Crippen molar-refractivity contribution in [3.63, 3.8) is 0 Å². The van der Waals surface area contributed by atoms with Crippen LogP contribution in [0.1, 0.15) is 13.3 Å². The standard InChI is InChI=1S/C16H17NO2.ClH/c1-11-9-12-10-14(5-8-16(12)19-11)17(2)13-3-6-15(18)7-4-13;/h3-9,11,18H,10H2,1-2H3;1H. The summed E-state index contributed by atoms with van der Waals surface area (Å²) < 4.78 is 5.69. The van der Waals surface area contributed by atoms with Gasteiger partial charge in [-0.2, -0.15) is 0 Å². The van der Waals surface area contributed by atoms with E-state index in [0.29, 0.717) is 0 Å². The van der Waals surface area contributed by atoms with Gasteiger partial charge < -0.3 is 14.7 Å². The topological polar surface area (TPSA) is 32.7 Å². The fourth-order valence-electron chi connectivity index (χ4n) is 2.47. The number of fused-ring (bicyclic) bond motifs is 1. The predicted octanol–water partition coefficient (Wildman–Crippen LogP) is 3.77. The highest BCUT2D eigenvalue weighted by Crippen LogP contribution is 2.34. The van der Waals surface area contributed by atoms with Crippen molar-refractivity contribution in [2.75, 3.05) is 11.9 Å². The molecular formula is C16H18ClNO2. The summed E-state index contributed by atoms with van der Waals surface area (Å²) >= 11 is 0. The molecular weight excluding hydrogens is 274 g/mol. The van der Waals surface area contributed by atoms with Crippen LogP contribution in [0.4, 0.5) is 5.69 Å². The minimum Gasteiger partial charge on any atom is -0.508 e. The Morgan fingerprint density at radius 1 is 1.20 bits per heavy atom. The Balaban J connectivity index is 0.00000147. The molecule has 0 aromatic heterocycles. The van der Waals surface area contributed by atoms with Crippen LogP contribution >= 0.6 is 12.4 Å². The normalized spacial score (nSPS) is 19.9. The molecule has 1 unspecified atom stereocenters. The van der Waals surface area contributed by atoms with Crippen LogP contribution in [-0.4, -0.2) is 18.3 Å². The number of halogens is 1. The minimum absolute atomic E-state index is 0. The highest BCUT2D eigenvalue weighted by molar-refractivity contribution is 5.85. The molecule has 0 spiro atoms. The molecule has 0 saturated heterocycles. The maximum absolute atomic E-state index is 9.33. The van der Waals surface area contributed by atoms with E-state index < -0.39 is 0 Å². The number of nitrogens with zero attached hydrogens (tertiary/aromatic N) is 1. The second-order valence-corrected chi connectivity index (χ2v) is 4.96. The van der Waals surface area contributed by atoms with Crippen molar-refractivity contribution >= 4 is 18.1 Å². The van der Waals surface area contributed by atoms with Gasteiger partial charge in [-0.1, -0.05) is 0 Å². The lowest BCUT2D eigenvalue weighted by molar-refractivity contribution is 0.196. The Kier molecular flexibility index (Phi) is 4.09. The van der Waals surface area contributed by atoms with Crippen molar-refractivity contribution < 1.29 is 9.84 Å². The SMILES string of the molecule is CC1C=C2CC(N(C)c3ccc(O)cc3)=CC=C2O1.Cl. The van der Waals surface area contributed by atoms with Gasteiger partial charge in [0.1, 0.15) is 17.6 Å². The second-order valence-electron chi connectivity index (χ2n) is 4.96. The predicted molar refractivity (Wildman–Crippen MR) is 83.2 cm³/mol. The van der Waals surface area contributed by atoms with Crippen molar-refractivity contribution in [3.8, 4) is 5.75 Å². The van der Waals surface area contributed by atoms with Crippen LogP contribution in [0.25, 0.3) is 0 Å². The fourth-order valence-corrected chi connectivity index (χ4v) is 2.47. The summed E-state index contributed by atoms with van der Waals surface area (Å²) in [5, 5.41) is 9.33. The smallest absolute Gasteiger partial charge is 0.123 e. The van der Waals surface area contributed by atoms with Gasteiger partial charge >= 0.3 is 0 Å². The van der Waals surface area contributed by atoms with Gasteiger partial charge in [-0.25, -0.2) is 0 Å². The highest BCUT2D eigenvalue weighted by atomic mass is 35.5. The third kappa shape index (κ3) is 2.68. The zero-order valence-electron chi connectivity index (χ0n) is 11.5. The van der Waals surface area contributed by atoms with Crippen molar-refractivity contribution in [2.45, 2.75) is 19.4 Å². The largest absolute Gasteiger partial charge is 0.508 e. The molecule has 1 N–H and O–H groups in total. The van der Waals surface area contributed by atoms with Gasteiger partial charge in [-0.05, 0) is 55.0 Å². The maximum Gasteiger partial charge on any atom is 0.123 e. The number of hydrogen-bond acceptors (Lipinski definition) is 3. The minimum atomic E-state index is 0. The second kappa shape index (κ2) is 5.63. The van der Waals surface area contributed by atoms with E-state index in [1.54, 1.807) is 12.1 Å². The van der Waals surface area contributed by atoms with E-state index in [1.807, 2.05) is 25.3 Å². The number of phenols is 1. The van der Waals surface area contributed by atoms with Crippen LogP contribution in [0.2, 0.25) is 0 Å². The number of hydrogen-bond donors (Lipinski definition) is 1. The first-order valence-electron chi connectivity index (χ1n) is 6.45. The van der Waals surface area contributed by atoms with E-state index >= 15 is 0 Å². The van der Waals surface area contributed by atoms with E-state index in [2.05, 4.69) is 24.0 Å². The molecule has 106 valence electrons. The molecule has 1 aliphatic heterocycles. The zero-order valence-corrected chi connectivity index (χ0v) is 12.4. The van der Waals surface area contributed by atoms with E-state index in [4.69, 9.17) is 4.74 Å². The summed E-state index contributed by atoms with van der Waals surface area (Å²) in [6, 6.07) is 7.24. The molecule has 20 heavy (non-hydrogen) atoms. The molecule has 0 saturated carbocycles. The van der Waals surface area contributed by atoms with Gasteiger partial charge in [0.25, 0.3) is 0 Å². The van der Waals surface area contributed by atoms with E-state index in [9.17, 15) is 5.11 Å². The summed E-state index contributed by atoms with van der Waals surface area (Å²) in [5.41, 5.74) is 3.54. The molecule has 0 fully saturated rings. The van der Waals surface area contributed by atoms with Gasteiger partial charge in [-0.15, -0.1) is 12.4 Å². The third-order valence-electron chi connectivity index (χ3n) is 3.53. The zero-order chi connectivity index (χ0) is 13.4. The Labute approximate surface area is 125 Å². The number of anilines is 1. The van der Waals surface area contributed by atoms with Gasteiger partial charge in [0.2, 0.25) is 0 Å². The van der Waals surface area contributed by atoms with Crippen LogP contribution in [0, 0.1) is 0 Å². The average molecular weight is 292 g/mol. The van der Waals surface area contributed by atoms with Crippen molar-refractivity contribution in [1.29, 1.82) is 0 Å². The van der Waals surface area contributed by atoms with Crippen LogP contribution in [-0.2, 0) is 4.74 Å². The van der Waals surface area contributed by atoms with Gasteiger partial charge in [0, 0.05) is 24.9 Å². The van der Waals surface area contributed by atoms with Crippen molar-refractivity contribution in [3.05, 3.63) is 59.5 Å². The van der Waals surface area contributed by atoms with Crippen LogP contribution in [0.15, 0.2) is 59.5 Å². The number of allylic oxidation sites excluding steroid dienone is 4. The molecule has 0 bridgehead atoms. The van der Waals surface area contributed by atoms with E-state index in [-0.39, 0.29) is 24.3 Å². The first-order valence-corrected chi connectivity index (χ1v) is 6.45. The number of aromatic hydroxyl groups is 1. The summed E-state index contributed by atoms with van der Waals surface area (Å²) in [7, 11) is 2.04. The number of phenolic OH excluding ortho intramolecular Hbond substituents is 1. The van der Waals surface area contributed by atoms with Crippen LogP contribution < -0.4 is 4.90 Å². The summed E-state index contributed by atoms with van der Waals surface area (Å²) in [6.07, 6.45) is 7.35. The average Bonchev–Trinajstić information content (AvgIpc) is 2.77. The molecule has 1 heterocycles. The van der Waals surface area contributed by atoms with Gasteiger partial charge in [0.15, 0.2) is 0 Å². The highest BCUT2D eigenvalue weighted by Gasteiger charge is 2.23. The quantitative estimate of drug-likeness (QED) is 0.900. The van der Waals surface area contributed by atoms with Crippen LogP contribution in [0.3, 0.4) is 0 Å². The molecule has 1 aliphatic carbocycles. The number of benzene rings is 1. The van der Waals surface area contributed by atoms with E-state index in [1.165, 1.54) is 11.3 Å². The number of ether oxygens (including phenoxy) is 1. The molecule has 1 aromatic rings. The maximum atomic E-state index is 9.33. The summed E-state index contributed by atoms with van der Waals surface area (Å²) in [4.78, 5) is 2.14. The Hall–Kier alpha value is -1.87. The molecule has 1 atom stereocenters. The third-order valence-corrected chi connectivity index (χ3v) is 3.53. The Bertz CT molecular complexity index is 587. The Morgan fingerprint density at radius 2 is 1.90 bits per heavy atom. The monoisotopic (exact) mass is 291 g/mol. The molecule has 4 heteroatoms. The fraction of sp³-hybridized carbons (Fsp3) is 0.250. The van der Waals surface area contributed by atoms with Gasteiger partial charge in [-0.3, -0.25) is 0 Å². The number of rotatable bonds is 2. The molecule has 2 aliphatic rings. The molecule has 3 nitrogen and oxygen atoms in total. The molecule has 0 radical (unpaired) electrons. The molecule has 1 aromatic carbocycles. The lowest BCUT2D eigenvalue weighted by Crippen LogP contribution is -2.18. The molecule has 0 amide bonds. The lowest BCUT2D eigenvalue weighted by Gasteiger charge is -2.25. The first-order chi connectivity index (χ1) is 9.13. The van der Waals surface area contributed by atoms with Crippen LogP contribution in [0.5, 0.6) is 5.75 Å². The summed E-state index contributed by atoms with van der Waals surface area (Å²) in [5.74, 6) is 1.29. The van der Waals surface area contributed by atoms with E-state index in [0.717, 1.165) is 17.9 Å². The Morgan fingerprint density at radius 3 is 2.60 bits per heavy atom. The molecule has 3 rings (SSSR count). The van der Waals surface area contributed by atoms with Crippen molar-refractivity contribution in [1.82, 2.24) is 0 Å². The summed E-state index contributed by atoms with van der Waals surface area (Å²) in [6.45, 7) is 2.05. The first kappa shape index (κ1) is 14.5.